The normalized spacial score (nSPS) is 12.0. The summed E-state index contributed by atoms with van der Waals surface area (Å²) in [6.45, 7) is 4.70. The zero-order valence-corrected chi connectivity index (χ0v) is 17.5. The van der Waals surface area contributed by atoms with Crippen molar-refractivity contribution in [3.8, 4) is 0 Å². The third-order valence-electron chi connectivity index (χ3n) is 4.55. The summed E-state index contributed by atoms with van der Waals surface area (Å²) in [4.78, 5) is 32.6. The number of thiazole rings is 1. The van der Waals surface area contributed by atoms with Crippen molar-refractivity contribution >= 4 is 28.8 Å². The lowest BCUT2D eigenvalue weighted by Gasteiger charge is -2.23. The summed E-state index contributed by atoms with van der Waals surface area (Å²) in [5, 5.41) is 6.68. The van der Waals surface area contributed by atoms with E-state index in [0.717, 1.165) is 9.88 Å². The first-order valence-electron chi connectivity index (χ1n) is 9.26. The molecule has 0 radical (unpaired) electrons. The van der Waals surface area contributed by atoms with Crippen molar-refractivity contribution in [1.82, 2.24) is 15.2 Å². The van der Waals surface area contributed by atoms with E-state index in [0.29, 0.717) is 23.6 Å². The van der Waals surface area contributed by atoms with Gasteiger partial charge in [-0.15, -0.1) is 11.3 Å². The van der Waals surface area contributed by atoms with E-state index in [9.17, 15) is 9.59 Å². The number of hydrogen-bond donors (Lipinski definition) is 2. The Morgan fingerprint density at radius 1 is 1.24 bits per heavy atom. The number of nitrogens with zero attached hydrogens (tertiary/aromatic N) is 2. The fourth-order valence-electron chi connectivity index (χ4n) is 2.76. The highest BCUT2D eigenvalue weighted by atomic mass is 32.1. The van der Waals surface area contributed by atoms with E-state index in [4.69, 9.17) is 4.42 Å². The number of aromatic nitrogens is 1. The number of amides is 2. The lowest BCUT2D eigenvalue weighted by molar-refractivity contribution is -0.120. The Labute approximate surface area is 173 Å². The SMILES string of the molecule is Cc1ncc(CN(C)[C@H](C)C(=O)Nc2ccccc2C(=O)NCc2ccco2)s1. The number of carbonyl (C=O) groups excluding carboxylic acids is 2. The summed E-state index contributed by atoms with van der Waals surface area (Å²) < 4.78 is 5.23. The standard InChI is InChI=1S/C21H24N4O3S/c1-14(25(3)13-17-12-22-15(2)29-17)20(26)24-19-9-5-4-8-18(19)21(27)23-11-16-7-6-10-28-16/h4-10,12,14H,11,13H2,1-3H3,(H,23,27)(H,24,26)/t14-/m1/s1. The molecule has 0 aliphatic carbocycles. The molecule has 3 aromatic rings. The number of likely N-dealkylation sites (N-methyl/N-ethyl adjacent to an activating group) is 1. The zero-order valence-electron chi connectivity index (χ0n) is 16.6. The predicted molar refractivity (Wildman–Crippen MR) is 113 cm³/mol. The average molecular weight is 413 g/mol. The topological polar surface area (TPSA) is 87.5 Å². The van der Waals surface area contributed by atoms with Gasteiger partial charge in [0.1, 0.15) is 5.76 Å². The van der Waals surface area contributed by atoms with Crippen LogP contribution in [-0.4, -0.2) is 34.8 Å². The van der Waals surface area contributed by atoms with Crippen molar-refractivity contribution in [3.05, 3.63) is 70.1 Å². The fraction of sp³-hybridized carbons (Fsp3) is 0.286. The lowest BCUT2D eigenvalue weighted by Crippen LogP contribution is -2.39. The molecule has 0 aliphatic heterocycles. The van der Waals surface area contributed by atoms with E-state index >= 15 is 0 Å². The van der Waals surface area contributed by atoms with Gasteiger partial charge in [0.25, 0.3) is 5.91 Å². The molecule has 7 nitrogen and oxygen atoms in total. The van der Waals surface area contributed by atoms with E-state index in [-0.39, 0.29) is 24.4 Å². The maximum absolute atomic E-state index is 12.8. The third-order valence-corrected chi connectivity index (χ3v) is 5.45. The molecule has 0 bridgehead atoms. The minimum atomic E-state index is -0.378. The Bertz CT molecular complexity index is 968. The van der Waals surface area contributed by atoms with E-state index in [1.165, 1.54) is 0 Å². The van der Waals surface area contributed by atoms with Crippen LogP contribution in [0.2, 0.25) is 0 Å². The molecule has 0 spiro atoms. The first-order valence-corrected chi connectivity index (χ1v) is 10.1. The molecule has 2 heterocycles. The molecule has 8 heteroatoms. The maximum Gasteiger partial charge on any atom is 0.253 e. The number of anilines is 1. The van der Waals surface area contributed by atoms with E-state index in [2.05, 4.69) is 15.6 Å². The number of hydrogen-bond acceptors (Lipinski definition) is 6. The number of para-hydroxylation sites is 1. The zero-order chi connectivity index (χ0) is 20.8. The van der Waals surface area contributed by atoms with Crippen molar-refractivity contribution in [2.24, 2.45) is 0 Å². The number of benzene rings is 1. The monoisotopic (exact) mass is 412 g/mol. The van der Waals surface area contributed by atoms with E-state index in [1.807, 2.05) is 32.0 Å². The molecule has 0 saturated carbocycles. The molecule has 0 saturated heterocycles. The predicted octanol–water partition coefficient (Wildman–Crippen LogP) is 3.43. The highest BCUT2D eigenvalue weighted by molar-refractivity contribution is 7.11. The van der Waals surface area contributed by atoms with Crippen molar-refractivity contribution in [2.45, 2.75) is 33.0 Å². The largest absolute Gasteiger partial charge is 0.467 e. The van der Waals surface area contributed by atoms with Crippen LogP contribution in [0, 0.1) is 6.92 Å². The van der Waals surface area contributed by atoms with Crippen molar-refractivity contribution < 1.29 is 14.0 Å². The number of aryl methyl sites for hydroxylation is 1. The van der Waals surface area contributed by atoms with Gasteiger partial charge in [0.2, 0.25) is 5.91 Å². The van der Waals surface area contributed by atoms with Gasteiger partial charge in [-0.1, -0.05) is 12.1 Å². The van der Waals surface area contributed by atoms with Crippen LogP contribution in [0.5, 0.6) is 0 Å². The number of carbonyl (C=O) groups is 2. The molecule has 0 aliphatic rings. The highest BCUT2D eigenvalue weighted by Crippen LogP contribution is 2.18. The quantitative estimate of drug-likeness (QED) is 0.592. The molecular formula is C21H24N4O3S. The Balaban J connectivity index is 1.62. The van der Waals surface area contributed by atoms with Crippen LogP contribution in [0.3, 0.4) is 0 Å². The van der Waals surface area contributed by atoms with Crippen LogP contribution in [0.1, 0.15) is 32.9 Å². The maximum atomic E-state index is 12.8. The summed E-state index contributed by atoms with van der Waals surface area (Å²) in [6.07, 6.45) is 3.39. The molecule has 2 amide bonds. The van der Waals surface area contributed by atoms with E-state index in [1.54, 1.807) is 54.0 Å². The smallest absolute Gasteiger partial charge is 0.253 e. The molecule has 0 fully saturated rings. The van der Waals surface area contributed by atoms with Gasteiger partial charge >= 0.3 is 0 Å². The molecule has 3 rings (SSSR count). The molecule has 29 heavy (non-hydrogen) atoms. The molecule has 2 aromatic heterocycles. The van der Waals surface area contributed by atoms with Gasteiger partial charge in [-0.3, -0.25) is 14.5 Å². The van der Waals surface area contributed by atoms with Gasteiger partial charge in [0.05, 0.1) is 35.1 Å². The number of furan rings is 1. The van der Waals surface area contributed by atoms with Gasteiger partial charge in [-0.05, 0) is 45.2 Å². The van der Waals surface area contributed by atoms with Crippen LogP contribution in [0.4, 0.5) is 5.69 Å². The number of rotatable bonds is 8. The average Bonchev–Trinajstić information content (AvgIpc) is 3.37. The van der Waals surface area contributed by atoms with Crippen molar-refractivity contribution in [1.29, 1.82) is 0 Å². The summed E-state index contributed by atoms with van der Waals surface area (Å²) in [7, 11) is 1.89. The van der Waals surface area contributed by atoms with Gasteiger partial charge in [-0.2, -0.15) is 0 Å². The molecular weight excluding hydrogens is 388 g/mol. The molecule has 152 valence electrons. The van der Waals surface area contributed by atoms with Crippen LogP contribution in [-0.2, 0) is 17.9 Å². The lowest BCUT2D eigenvalue weighted by atomic mass is 10.1. The second kappa shape index (κ2) is 9.49. The Kier molecular flexibility index (Phi) is 6.79. The van der Waals surface area contributed by atoms with Gasteiger partial charge in [-0.25, -0.2) is 4.98 Å². The Morgan fingerprint density at radius 2 is 2.03 bits per heavy atom. The number of nitrogens with one attached hydrogen (secondary N) is 2. The van der Waals surface area contributed by atoms with Crippen molar-refractivity contribution in [2.75, 3.05) is 12.4 Å². The summed E-state index contributed by atoms with van der Waals surface area (Å²) >= 11 is 1.61. The molecule has 1 aromatic carbocycles. The van der Waals surface area contributed by atoms with Gasteiger partial charge < -0.3 is 15.1 Å². The summed E-state index contributed by atoms with van der Waals surface area (Å²) in [6, 6.07) is 10.1. The van der Waals surface area contributed by atoms with Gasteiger partial charge in [0.15, 0.2) is 0 Å². The van der Waals surface area contributed by atoms with Crippen LogP contribution < -0.4 is 10.6 Å². The highest BCUT2D eigenvalue weighted by Gasteiger charge is 2.21. The first kappa shape index (κ1) is 20.8. The van der Waals surface area contributed by atoms with Crippen LogP contribution in [0.25, 0.3) is 0 Å². The summed E-state index contributed by atoms with van der Waals surface area (Å²) in [5.41, 5.74) is 0.878. The molecule has 2 N–H and O–H groups in total. The van der Waals surface area contributed by atoms with Crippen LogP contribution >= 0.6 is 11.3 Å². The second-order valence-electron chi connectivity index (χ2n) is 6.73. The molecule has 0 unspecified atom stereocenters. The van der Waals surface area contributed by atoms with Crippen molar-refractivity contribution in [3.63, 3.8) is 0 Å². The first-order chi connectivity index (χ1) is 13.9. The molecule has 1 atom stereocenters. The second-order valence-corrected chi connectivity index (χ2v) is 8.05. The Morgan fingerprint density at radius 3 is 2.72 bits per heavy atom. The third kappa shape index (κ3) is 5.52. The minimum absolute atomic E-state index is 0.181. The Hall–Kier alpha value is -2.97. The minimum Gasteiger partial charge on any atom is -0.467 e. The van der Waals surface area contributed by atoms with Crippen LogP contribution in [0.15, 0.2) is 53.3 Å². The van der Waals surface area contributed by atoms with Gasteiger partial charge in [0, 0.05) is 17.6 Å². The van der Waals surface area contributed by atoms with E-state index < -0.39 is 0 Å². The summed E-state index contributed by atoms with van der Waals surface area (Å²) in [5.74, 6) is 0.201. The fourth-order valence-corrected chi connectivity index (χ4v) is 3.62.